The second-order valence-corrected chi connectivity index (χ2v) is 6.52. The lowest BCUT2D eigenvalue weighted by Gasteiger charge is -2.31. The van der Waals surface area contributed by atoms with E-state index in [0.29, 0.717) is 6.54 Å². The molecule has 0 unspecified atom stereocenters. The molecule has 6 nitrogen and oxygen atoms in total. The van der Waals surface area contributed by atoms with Gasteiger partial charge in [-0.2, -0.15) is 0 Å². The molecule has 0 spiro atoms. The number of carbonyl (C=O) groups excluding carboxylic acids is 2. The molecular formula is C21H24N2O4. The molecule has 0 aromatic heterocycles. The molecule has 6 heteroatoms. The molecule has 0 bridgehead atoms. The van der Waals surface area contributed by atoms with Gasteiger partial charge in [-0.05, 0) is 49.1 Å². The van der Waals surface area contributed by atoms with Crippen molar-refractivity contribution in [1.82, 2.24) is 5.32 Å². The third-order valence-electron chi connectivity index (χ3n) is 4.59. The van der Waals surface area contributed by atoms with E-state index in [2.05, 4.69) is 5.32 Å². The quantitative estimate of drug-likeness (QED) is 0.879. The number of anilines is 1. The third kappa shape index (κ3) is 4.58. The standard InChI is InChI=1S/C21H24N2O4/c1-15(22-21(25)27-14-16-7-4-3-5-8-16)20(24)23-12-6-9-17-13-18(26-2)10-11-19(17)23/h3-5,7-8,10-11,13,15H,6,9,12,14H2,1-2H3,(H,22,25)/t15-/m0/s1. The van der Waals surface area contributed by atoms with E-state index in [1.807, 2.05) is 48.5 Å². The van der Waals surface area contributed by atoms with Crippen LogP contribution in [0.25, 0.3) is 0 Å². The Labute approximate surface area is 159 Å². The van der Waals surface area contributed by atoms with Crippen molar-refractivity contribution >= 4 is 17.7 Å². The molecule has 142 valence electrons. The Morgan fingerprint density at radius 3 is 2.70 bits per heavy atom. The molecule has 0 aliphatic carbocycles. The van der Waals surface area contributed by atoms with E-state index in [-0.39, 0.29) is 12.5 Å². The number of hydrogen-bond donors (Lipinski definition) is 1. The average Bonchev–Trinajstić information content (AvgIpc) is 2.71. The van der Waals surface area contributed by atoms with Gasteiger partial charge in [0.25, 0.3) is 0 Å². The summed E-state index contributed by atoms with van der Waals surface area (Å²) >= 11 is 0. The fraction of sp³-hybridized carbons (Fsp3) is 0.333. The number of benzene rings is 2. The second kappa shape index (κ2) is 8.58. The van der Waals surface area contributed by atoms with Crippen LogP contribution in [-0.2, 0) is 22.6 Å². The highest BCUT2D eigenvalue weighted by molar-refractivity contribution is 5.99. The number of amides is 2. The molecule has 27 heavy (non-hydrogen) atoms. The topological polar surface area (TPSA) is 67.9 Å². The first kappa shape index (κ1) is 18.8. The highest BCUT2D eigenvalue weighted by Crippen LogP contribution is 2.30. The van der Waals surface area contributed by atoms with Crippen molar-refractivity contribution < 1.29 is 19.1 Å². The Balaban J connectivity index is 1.60. The maximum atomic E-state index is 12.8. The summed E-state index contributed by atoms with van der Waals surface area (Å²) in [6.45, 7) is 2.47. The number of nitrogens with one attached hydrogen (secondary N) is 1. The van der Waals surface area contributed by atoms with Gasteiger partial charge in [0, 0.05) is 12.2 Å². The SMILES string of the molecule is COc1ccc2c(c1)CCCN2C(=O)[C@H](C)NC(=O)OCc1ccccc1. The van der Waals surface area contributed by atoms with Crippen LogP contribution in [0.2, 0.25) is 0 Å². The minimum atomic E-state index is -0.679. The fourth-order valence-electron chi connectivity index (χ4n) is 3.17. The summed E-state index contributed by atoms with van der Waals surface area (Å²) in [5.74, 6) is 0.622. The minimum absolute atomic E-state index is 0.155. The van der Waals surface area contributed by atoms with Gasteiger partial charge in [-0.25, -0.2) is 4.79 Å². The van der Waals surface area contributed by atoms with Gasteiger partial charge in [-0.3, -0.25) is 4.79 Å². The predicted octanol–water partition coefficient (Wildman–Crippen LogP) is 3.29. The third-order valence-corrected chi connectivity index (χ3v) is 4.59. The van der Waals surface area contributed by atoms with Crippen LogP contribution in [0.5, 0.6) is 5.75 Å². The molecule has 2 aromatic carbocycles. The number of nitrogens with zero attached hydrogens (tertiary/aromatic N) is 1. The lowest BCUT2D eigenvalue weighted by Crippen LogP contribution is -2.48. The number of rotatable bonds is 5. The molecule has 2 aromatic rings. The van der Waals surface area contributed by atoms with Crippen LogP contribution in [0.4, 0.5) is 10.5 Å². The smallest absolute Gasteiger partial charge is 0.408 e. The molecule has 1 aliphatic heterocycles. The summed E-state index contributed by atoms with van der Waals surface area (Å²) in [6, 6.07) is 14.4. The van der Waals surface area contributed by atoms with Crippen molar-refractivity contribution in [3.8, 4) is 5.75 Å². The van der Waals surface area contributed by atoms with Gasteiger partial charge in [0.15, 0.2) is 0 Å². The van der Waals surface area contributed by atoms with Crippen molar-refractivity contribution in [2.24, 2.45) is 0 Å². The van der Waals surface area contributed by atoms with E-state index in [4.69, 9.17) is 9.47 Å². The number of alkyl carbamates (subject to hydrolysis) is 1. The van der Waals surface area contributed by atoms with Gasteiger partial charge < -0.3 is 19.7 Å². The summed E-state index contributed by atoms with van der Waals surface area (Å²) in [5.41, 5.74) is 2.84. The van der Waals surface area contributed by atoms with Crippen molar-refractivity contribution in [2.75, 3.05) is 18.6 Å². The van der Waals surface area contributed by atoms with E-state index in [9.17, 15) is 9.59 Å². The van der Waals surface area contributed by atoms with E-state index >= 15 is 0 Å². The Morgan fingerprint density at radius 2 is 1.96 bits per heavy atom. The first-order chi connectivity index (χ1) is 13.1. The summed E-state index contributed by atoms with van der Waals surface area (Å²) in [7, 11) is 1.63. The maximum Gasteiger partial charge on any atom is 0.408 e. The average molecular weight is 368 g/mol. The lowest BCUT2D eigenvalue weighted by atomic mass is 10.0. The Hall–Kier alpha value is -3.02. The largest absolute Gasteiger partial charge is 0.497 e. The van der Waals surface area contributed by atoms with Crippen LogP contribution in [-0.4, -0.2) is 31.7 Å². The van der Waals surface area contributed by atoms with Crippen molar-refractivity contribution in [2.45, 2.75) is 32.4 Å². The molecule has 1 heterocycles. The normalized spacial score (nSPS) is 14.1. The van der Waals surface area contributed by atoms with Gasteiger partial charge in [0.2, 0.25) is 5.91 Å². The zero-order chi connectivity index (χ0) is 19.2. The first-order valence-electron chi connectivity index (χ1n) is 9.04. The van der Waals surface area contributed by atoms with Gasteiger partial charge in [-0.15, -0.1) is 0 Å². The highest BCUT2D eigenvalue weighted by Gasteiger charge is 2.27. The van der Waals surface area contributed by atoms with Gasteiger partial charge in [0.1, 0.15) is 18.4 Å². The lowest BCUT2D eigenvalue weighted by molar-refractivity contribution is -0.120. The van der Waals surface area contributed by atoms with Crippen molar-refractivity contribution in [1.29, 1.82) is 0 Å². The summed E-state index contributed by atoms with van der Waals surface area (Å²) in [5, 5.41) is 2.62. The Morgan fingerprint density at radius 1 is 1.19 bits per heavy atom. The fourth-order valence-corrected chi connectivity index (χ4v) is 3.17. The second-order valence-electron chi connectivity index (χ2n) is 6.52. The number of carbonyl (C=O) groups is 2. The first-order valence-corrected chi connectivity index (χ1v) is 9.04. The van der Waals surface area contributed by atoms with Crippen LogP contribution < -0.4 is 15.0 Å². The van der Waals surface area contributed by atoms with Crippen LogP contribution >= 0.6 is 0 Å². The molecule has 3 rings (SSSR count). The summed E-state index contributed by atoms with van der Waals surface area (Å²) < 4.78 is 10.5. The van der Waals surface area contributed by atoms with Crippen LogP contribution in [0, 0.1) is 0 Å². The molecule has 0 saturated heterocycles. The Kier molecular flexibility index (Phi) is 5.96. The van der Waals surface area contributed by atoms with Gasteiger partial charge in [-0.1, -0.05) is 30.3 Å². The van der Waals surface area contributed by atoms with E-state index in [1.54, 1.807) is 18.9 Å². The molecular weight excluding hydrogens is 344 g/mol. The van der Waals surface area contributed by atoms with Crippen LogP contribution in [0.15, 0.2) is 48.5 Å². The molecule has 0 fully saturated rings. The number of aryl methyl sites for hydroxylation is 1. The van der Waals surface area contributed by atoms with Gasteiger partial charge >= 0.3 is 6.09 Å². The molecule has 0 radical (unpaired) electrons. The minimum Gasteiger partial charge on any atom is -0.497 e. The molecule has 0 saturated carbocycles. The molecule has 1 N–H and O–H groups in total. The van der Waals surface area contributed by atoms with Crippen LogP contribution in [0.3, 0.4) is 0 Å². The number of fused-ring (bicyclic) bond motifs is 1. The van der Waals surface area contributed by atoms with Crippen LogP contribution in [0.1, 0.15) is 24.5 Å². The summed E-state index contributed by atoms with van der Waals surface area (Å²) in [6.07, 6.45) is 1.17. The van der Waals surface area contributed by atoms with Gasteiger partial charge in [0.05, 0.1) is 7.11 Å². The maximum absolute atomic E-state index is 12.8. The van der Waals surface area contributed by atoms with Crippen molar-refractivity contribution in [3.63, 3.8) is 0 Å². The monoisotopic (exact) mass is 368 g/mol. The van der Waals surface area contributed by atoms with E-state index in [1.165, 1.54) is 0 Å². The van der Waals surface area contributed by atoms with Crippen molar-refractivity contribution in [3.05, 3.63) is 59.7 Å². The molecule has 2 amide bonds. The van der Waals surface area contributed by atoms with E-state index < -0.39 is 12.1 Å². The van der Waals surface area contributed by atoms with E-state index in [0.717, 1.165) is 35.4 Å². The number of hydrogen-bond acceptors (Lipinski definition) is 4. The molecule has 1 aliphatic rings. The molecule has 1 atom stereocenters. The Bertz CT molecular complexity index is 807. The number of methoxy groups -OCH3 is 1. The zero-order valence-corrected chi connectivity index (χ0v) is 15.6. The predicted molar refractivity (Wildman–Crippen MR) is 103 cm³/mol. The number of ether oxygens (including phenoxy) is 2. The zero-order valence-electron chi connectivity index (χ0n) is 15.6. The summed E-state index contributed by atoms with van der Waals surface area (Å²) in [4.78, 5) is 26.6. The highest BCUT2D eigenvalue weighted by atomic mass is 16.5.